The van der Waals surface area contributed by atoms with Gasteiger partial charge in [0.15, 0.2) is 0 Å². The predicted molar refractivity (Wildman–Crippen MR) is 94.2 cm³/mol. The maximum absolute atomic E-state index is 12.2. The predicted octanol–water partition coefficient (Wildman–Crippen LogP) is 4.13. The van der Waals surface area contributed by atoms with Crippen LogP contribution in [0.25, 0.3) is 11.0 Å². The number of aromatic hydroxyl groups is 1. The molecular weight excluding hydrogens is 344 g/mol. The van der Waals surface area contributed by atoms with Crippen molar-refractivity contribution in [3.8, 4) is 5.75 Å². The van der Waals surface area contributed by atoms with Gasteiger partial charge < -0.3 is 14.3 Å². The molecule has 1 heterocycles. The van der Waals surface area contributed by atoms with Gasteiger partial charge in [0.05, 0.1) is 0 Å². The van der Waals surface area contributed by atoms with Crippen LogP contribution in [0.5, 0.6) is 5.75 Å². The van der Waals surface area contributed by atoms with Crippen LogP contribution in [0.1, 0.15) is 27.0 Å². The number of ether oxygens (including phenoxy) is 1. The number of phenols is 1. The molecular formula is C19H15ClO5. The Bertz CT molecular complexity index is 1040. The second-order valence-corrected chi connectivity index (χ2v) is 6.15. The first kappa shape index (κ1) is 17.0. The molecule has 0 unspecified atom stereocenters. The van der Waals surface area contributed by atoms with Gasteiger partial charge in [0.25, 0.3) is 0 Å². The Morgan fingerprint density at radius 2 is 1.96 bits per heavy atom. The molecule has 0 spiro atoms. The summed E-state index contributed by atoms with van der Waals surface area (Å²) in [6.45, 7) is 3.65. The summed E-state index contributed by atoms with van der Waals surface area (Å²) < 4.78 is 10.5. The molecule has 0 amide bonds. The van der Waals surface area contributed by atoms with Gasteiger partial charge in [-0.1, -0.05) is 23.7 Å². The van der Waals surface area contributed by atoms with Gasteiger partial charge in [0.1, 0.15) is 23.5 Å². The molecule has 1 N–H and O–H groups in total. The lowest BCUT2D eigenvalue weighted by molar-refractivity contribution is 0.0470. The minimum atomic E-state index is -0.731. The first-order chi connectivity index (χ1) is 11.9. The summed E-state index contributed by atoms with van der Waals surface area (Å²) in [5.74, 6) is -0.955. The third-order valence-corrected chi connectivity index (χ3v) is 4.29. The van der Waals surface area contributed by atoms with E-state index in [0.717, 1.165) is 11.1 Å². The van der Waals surface area contributed by atoms with Gasteiger partial charge in [-0.3, -0.25) is 0 Å². The molecule has 6 heteroatoms. The summed E-state index contributed by atoms with van der Waals surface area (Å²) in [6.07, 6.45) is 0. The first-order valence-corrected chi connectivity index (χ1v) is 7.93. The molecule has 2 aromatic carbocycles. The molecule has 128 valence electrons. The van der Waals surface area contributed by atoms with Crippen LogP contribution < -0.4 is 5.63 Å². The Morgan fingerprint density at radius 1 is 1.20 bits per heavy atom. The molecule has 25 heavy (non-hydrogen) atoms. The molecule has 3 rings (SSSR count). The van der Waals surface area contributed by atoms with Gasteiger partial charge in [0.2, 0.25) is 0 Å². The minimum Gasteiger partial charge on any atom is -0.507 e. The summed E-state index contributed by atoms with van der Waals surface area (Å²) in [4.78, 5) is 24.0. The van der Waals surface area contributed by atoms with E-state index in [1.807, 2.05) is 26.0 Å². The zero-order chi connectivity index (χ0) is 18.1. The van der Waals surface area contributed by atoms with Gasteiger partial charge in [-0.15, -0.1) is 0 Å². The molecule has 0 aliphatic heterocycles. The Labute approximate surface area is 148 Å². The van der Waals surface area contributed by atoms with E-state index in [1.54, 1.807) is 0 Å². The zero-order valence-corrected chi connectivity index (χ0v) is 14.4. The molecule has 0 radical (unpaired) electrons. The van der Waals surface area contributed by atoms with Crippen molar-refractivity contribution in [3.63, 3.8) is 0 Å². The third kappa shape index (κ3) is 3.37. The maximum Gasteiger partial charge on any atom is 0.342 e. The number of hydrogen-bond donors (Lipinski definition) is 1. The quantitative estimate of drug-likeness (QED) is 0.562. The number of rotatable bonds is 3. The smallest absolute Gasteiger partial charge is 0.342 e. The normalized spacial score (nSPS) is 10.8. The van der Waals surface area contributed by atoms with Crippen molar-refractivity contribution >= 4 is 28.5 Å². The van der Waals surface area contributed by atoms with E-state index < -0.39 is 11.6 Å². The standard InChI is InChI=1S/C19H15ClO5/c1-10-3-5-14-12(7-17(22)25-18(14)11(10)2)9-24-19(23)15-8-13(20)4-6-16(15)21/h3-8,21H,9H2,1-2H3. The second kappa shape index (κ2) is 6.61. The molecule has 5 nitrogen and oxygen atoms in total. The van der Waals surface area contributed by atoms with Gasteiger partial charge in [-0.25, -0.2) is 9.59 Å². The van der Waals surface area contributed by atoms with Crippen LogP contribution >= 0.6 is 11.6 Å². The number of halogens is 1. The van der Waals surface area contributed by atoms with E-state index in [1.165, 1.54) is 24.3 Å². The summed E-state index contributed by atoms with van der Waals surface area (Å²) in [5, 5.41) is 10.8. The van der Waals surface area contributed by atoms with Gasteiger partial charge in [-0.05, 0) is 43.2 Å². The molecule has 0 atom stereocenters. The summed E-state index contributed by atoms with van der Waals surface area (Å²) in [5.41, 5.74) is 2.31. The Balaban J connectivity index is 1.93. The zero-order valence-electron chi connectivity index (χ0n) is 13.6. The Kier molecular flexibility index (Phi) is 4.51. The van der Waals surface area contributed by atoms with Crippen LogP contribution in [0.4, 0.5) is 0 Å². The summed E-state index contributed by atoms with van der Waals surface area (Å²) in [6, 6.07) is 9.13. The maximum atomic E-state index is 12.2. The second-order valence-electron chi connectivity index (χ2n) is 5.71. The lowest BCUT2D eigenvalue weighted by Crippen LogP contribution is -2.08. The molecule has 0 aliphatic carbocycles. The first-order valence-electron chi connectivity index (χ1n) is 7.55. The minimum absolute atomic E-state index is 0.0354. The molecule has 0 aliphatic rings. The average Bonchev–Trinajstić information content (AvgIpc) is 2.58. The van der Waals surface area contributed by atoms with Crippen LogP contribution in [-0.4, -0.2) is 11.1 Å². The number of phenolic OH excluding ortho intramolecular Hbond substituents is 1. The number of hydrogen-bond acceptors (Lipinski definition) is 5. The van der Waals surface area contributed by atoms with Crippen molar-refractivity contribution in [1.29, 1.82) is 0 Å². The highest BCUT2D eigenvalue weighted by Crippen LogP contribution is 2.25. The number of carbonyl (C=O) groups is 1. The van der Waals surface area contributed by atoms with Gasteiger partial charge >= 0.3 is 11.6 Å². The van der Waals surface area contributed by atoms with Crippen molar-refractivity contribution in [2.24, 2.45) is 0 Å². The highest BCUT2D eigenvalue weighted by molar-refractivity contribution is 6.31. The van der Waals surface area contributed by atoms with E-state index >= 15 is 0 Å². The van der Waals surface area contributed by atoms with Crippen molar-refractivity contribution < 1.29 is 19.1 Å². The molecule has 0 saturated carbocycles. The van der Waals surface area contributed by atoms with E-state index in [2.05, 4.69) is 0 Å². The van der Waals surface area contributed by atoms with Crippen molar-refractivity contribution in [3.05, 3.63) is 74.1 Å². The molecule has 0 bridgehead atoms. The number of carbonyl (C=O) groups excluding carboxylic acids is 1. The average molecular weight is 359 g/mol. The van der Waals surface area contributed by atoms with Crippen LogP contribution in [0, 0.1) is 13.8 Å². The fourth-order valence-corrected chi connectivity index (χ4v) is 2.71. The van der Waals surface area contributed by atoms with Crippen LogP contribution in [-0.2, 0) is 11.3 Å². The summed E-state index contributed by atoms with van der Waals surface area (Å²) >= 11 is 5.84. The highest BCUT2D eigenvalue weighted by atomic mass is 35.5. The van der Waals surface area contributed by atoms with E-state index in [9.17, 15) is 14.7 Å². The number of fused-ring (bicyclic) bond motifs is 1. The molecule has 0 fully saturated rings. The SMILES string of the molecule is Cc1ccc2c(COC(=O)c3cc(Cl)ccc3O)cc(=O)oc2c1C. The highest BCUT2D eigenvalue weighted by Gasteiger charge is 2.15. The molecule has 1 aromatic heterocycles. The van der Waals surface area contributed by atoms with E-state index in [4.69, 9.17) is 20.8 Å². The number of aryl methyl sites for hydroxylation is 2. The molecule has 0 saturated heterocycles. The summed E-state index contributed by atoms with van der Waals surface area (Å²) in [7, 11) is 0. The van der Waals surface area contributed by atoms with Crippen molar-refractivity contribution in [1.82, 2.24) is 0 Å². The monoisotopic (exact) mass is 358 g/mol. The number of esters is 1. The fourth-order valence-electron chi connectivity index (χ4n) is 2.54. The van der Waals surface area contributed by atoms with E-state index in [-0.39, 0.29) is 17.9 Å². The van der Waals surface area contributed by atoms with E-state index in [0.29, 0.717) is 21.6 Å². The fraction of sp³-hybridized carbons (Fsp3) is 0.158. The lowest BCUT2D eigenvalue weighted by atomic mass is 10.0. The van der Waals surface area contributed by atoms with Gasteiger partial charge in [0, 0.05) is 22.0 Å². The molecule has 3 aromatic rings. The van der Waals surface area contributed by atoms with Crippen LogP contribution in [0.15, 0.2) is 45.6 Å². The lowest BCUT2D eigenvalue weighted by Gasteiger charge is -2.10. The van der Waals surface area contributed by atoms with Crippen molar-refractivity contribution in [2.45, 2.75) is 20.5 Å². The Hall–Kier alpha value is -2.79. The topological polar surface area (TPSA) is 76.7 Å². The van der Waals surface area contributed by atoms with Gasteiger partial charge in [-0.2, -0.15) is 0 Å². The number of benzene rings is 2. The third-order valence-electron chi connectivity index (χ3n) is 4.05. The Morgan fingerprint density at radius 3 is 2.72 bits per heavy atom. The van der Waals surface area contributed by atoms with Crippen LogP contribution in [0.3, 0.4) is 0 Å². The van der Waals surface area contributed by atoms with Crippen LogP contribution in [0.2, 0.25) is 5.02 Å². The van der Waals surface area contributed by atoms with Crippen molar-refractivity contribution in [2.75, 3.05) is 0 Å². The largest absolute Gasteiger partial charge is 0.507 e.